The Bertz CT molecular complexity index is 1040. The highest BCUT2D eigenvalue weighted by Crippen LogP contribution is 2.12. The normalized spacial score (nSPS) is 10.7. The van der Waals surface area contributed by atoms with Crippen LogP contribution in [0.2, 0.25) is 0 Å². The van der Waals surface area contributed by atoms with E-state index in [2.05, 4.69) is 9.97 Å². The van der Waals surface area contributed by atoms with Crippen LogP contribution in [0.3, 0.4) is 0 Å². The highest BCUT2D eigenvalue weighted by Gasteiger charge is 2.23. The largest absolute Gasteiger partial charge is 0.572 e. The lowest BCUT2D eigenvalue weighted by Crippen LogP contribution is -2.37. The Labute approximate surface area is 140 Å². The van der Waals surface area contributed by atoms with Crippen LogP contribution in [0.25, 0.3) is 16.9 Å². The summed E-state index contributed by atoms with van der Waals surface area (Å²) in [5.74, 6) is 0. The Hall–Kier alpha value is -2.19. The molecular formula is C11H9Cl2N4O5P. The van der Waals surface area contributed by atoms with Gasteiger partial charge in [0.25, 0.3) is 0 Å². The maximum absolute atomic E-state index is 12.3. The van der Waals surface area contributed by atoms with E-state index in [1.165, 1.54) is 0 Å². The van der Waals surface area contributed by atoms with Crippen molar-refractivity contribution >= 4 is 44.2 Å². The summed E-state index contributed by atoms with van der Waals surface area (Å²) in [5.41, 5.74) is -2.96. The molecule has 0 amide bonds. The molecule has 1 atom stereocenters. The lowest BCUT2D eigenvalue weighted by molar-refractivity contribution is -0.167. The van der Waals surface area contributed by atoms with Crippen molar-refractivity contribution in [3.05, 3.63) is 61.7 Å². The number of imidazole rings is 1. The van der Waals surface area contributed by atoms with Gasteiger partial charge in [0.1, 0.15) is 0 Å². The van der Waals surface area contributed by atoms with E-state index in [1.807, 2.05) is 0 Å². The molecule has 9 nitrogen and oxygen atoms in total. The average molecular weight is 379 g/mol. The number of hydrogen-bond donors (Lipinski definition) is 2. The zero-order valence-electron chi connectivity index (χ0n) is 11.1. The molecule has 0 bridgehead atoms. The molecule has 23 heavy (non-hydrogen) atoms. The maximum atomic E-state index is 12.3. The van der Waals surface area contributed by atoms with Gasteiger partial charge in [-0.3, -0.25) is 14.8 Å². The van der Waals surface area contributed by atoms with Crippen molar-refractivity contribution in [2.45, 2.75) is 0 Å². The standard InChI is InChI=1S/C11H7N4O5P.2ClH/c16-9-7-8(13-10(17)12-7)14(6-4-2-1-3-5-6)11(18)15(9)21(19)20;;/h1-5H,(H2,12,13,17);2*1H. The fraction of sp³-hybridized carbons (Fsp3) is 0. The van der Waals surface area contributed by atoms with Crippen molar-refractivity contribution in [2.75, 3.05) is 0 Å². The Morgan fingerprint density at radius 1 is 1.00 bits per heavy atom. The SMILES string of the molecule is Cl.Cl.O=c1[nH]c2c(=O)n([P+](=O)[O-])c(=O)n(-c3ccccc3)c2[nH]1. The zero-order chi connectivity index (χ0) is 15.1. The number of aromatic nitrogens is 4. The molecule has 1 unspecified atom stereocenters. The maximum Gasteiger partial charge on any atom is 0.452 e. The Morgan fingerprint density at radius 3 is 2.17 bits per heavy atom. The van der Waals surface area contributed by atoms with Crippen LogP contribution >= 0.6 is 33.0 Å². The van der Waals surface area contributed by atoms with Gasteiger partial charge in [0, 0.05) is 0 Å². The van der Waals surface area contributed by atoms with E-state index >= 15 is 0 Å². The van der Waals surface area contributed by atoms with Gasteiger partial charge >= 0.3 is 25.1 Å². The topological polar surface area (TPSA) is 133 Å². The third-order valence-electron chi connectivity index (χ3n) is 2.89. The van der Waals surface area contributed by atoms with Crippen LogP contribution < -0.4 is 21.8 Å². The number of halogens is 2. The summed E-state index contributed by atoms with van der Waals surface area (Å²) in [5, 5.41) is 0. The number of aromatic amines is 2. The number of H-pyrrole nitrogens is 2. The second-order valence-corrected chi connectivity index (χ2v) is 4.99. The highest BCUT2D eigenvalue weighted by atomic mass is 35.5. The fourth-order valence-electron chi connectivity index (χ4n) is 2.04. The van der Waals surface area contributed by atoms with E-state index < -0.39 is 25.1 Å². The van der Waals surface area contributed by atoms with Crippen molar-refractivity contribution in [2.24, 2.45) is 0 Å². The van der Waals surface area contributed by atoms with Crippen LogP contribution in [0.15, 0.2) is 44.7 Å². The molecule has 0 aliphatic heterocycles. The molecule has 3 rings (SSSR count). The van der Waals surface area contributed by atoms with Crippen LogP contribution in [0, 0.1) is 0 Å². The van der Waals surface area contributed by atoms with Crippen LogP contribution in [-0.4, -0.2) is 18.9 Å². The molecule has 3 aromatic rings. The number of benzene rings is 1. The van der Waals surface area contributed by atoms with Gasteiger partial charge in [-0.05, 0) is 21.0 Å². The quantitative estimate of drug-likeness (QED) is 0.599. The lowest BCUT2D eigenvalue weighted by atomic mass is 10.3. The van der Waals surface area contributed by atoms with Gasteiger partial charge in [-0.25, -0.2) is 14.2 Å². The van der Waals surface area contributed by atoms with Crippen LogP contribution in [-0.2, 0) is 4.57 Å². The van der Waals surface area contributed by atoms with Crippen molar-refractivity contribution in [3.63, 3.8) is 0 Å². The second kappa shape index (κ2) is 6.93. The summed E-state index contributed by atoms with van der Waals surface area (Å²) >= 11 is 0. The van der Waals surface area contributed by atoms with Gasteiger partial charge in [-0.2, -0.15) is 0 Å². The van der Waals surface area contributed by atoms with E-state index in [-0.39, 0.29) is 40.3 Å². The highest BCUT2D eigenvalue weighted by molar-refractivity contribution is 7.34. The van der Waals surface area contributed by atoms with Gasteiger partial charge < -0.3 is 4.89 Å². The predicted molar refractivity (Wildman–Crippen MR) is 86.3 cm³/mol. The fourth-order valence-corrected chi connectivity index (χ4v) is 2.52. The molecule has 0 fully saturated rings. The van der Waals surface area contributed by atoms with Crippen molar-refractivity contribution in [1.82, 2.24) is 18.9 Å². The van der Waals surface area contributed by atoms with Gasteiger partial charge in [0.15, 0.2) is 11.2 Å². The molecule has 0 spiro atoms. The molecule has 0 aliphatic rings. The minimum Gasteiger partial charge on any atom is -0.572 e. The molecule has 2 aromatic heterocycles. The third kappa shape index (κ3) is 2.99. The number of nitrogens with one attached hydrogen (secondary N) is 2. The van der Waals surface area contributed by atoms with E-state index in [0.29, 0.717) is 5.69 Å². The van der Waals surface area contributed by atoms with E-state index in [1.54, 1.807) is 30.3 Å². The molecule has 0 saturated heterocycles. The molecule has 0 saturated carbocycles. The van der Waals surface area contributed by atoms with E-state index in [4.69, 9.17) is 0 Å². The molecule has 2 N–H and O–H groups in total. The van der Waals surface area contributed by atoms with E-state index in [0.717, 1.165) is 4.57 Å². The van der Waals surface area contributed by atoms with Gasteiger partial charge in [-0.15, -0.1) is 24.8 Å². The zero-order valence-corrected chi connectivity index (χ0v) is 13.6. The number of para-hydroxylation sites is 1. The molecule has 122 valence electrons. The minimum atomic E-state index is -3.47. The van der Waals surface area contributed by atoms with Gasteiger partial charge in [0.2, 0.25) is 0 Å². The summed E-state index contributed by atoms with van der Waals surface area (Å²) in [6.07, 6.45) is 0. The molecule has 0 aliphatic carbocycles. The van der Waals surface area contributed by atoms with Crippen molar-refractivity contribution < 1.29 is 9.46 Å². The van der Waals surface area contributed by atoms with Crippen molar-refractivity contribution in [3.8, 4) is 5.69 Å². The number of hydrogen-bond acceptors (Lipinski definition) is 5. The average Bonchev–Trinajstić information content (AvgIpc) is 2.81. The first-order chi connectivity index (χ1) is 10.0. The van der Waals surface area contributed by atoms with E-state index in [9.17, 15) is 23.8 Å². The van der Waals surface area contributed by atoms with Crippen LogP contribution in [0.4, 0.5) is 0 Å². The first kappa shape index (κ1) is 18.9. The third-order valence-corrected chi connectivity index (χ3v) is 3.57. The summed E-state index contributed by atoms with van der Waals surface area (Å²) in [6.45, 7) is 0. The number of rotatable bonds is 2. The first-order valence-corrected chi connectivity index (χ1v) is 6.84. The second-order valence-electron chi connectivity index (χ2n) is 4.11. The minimum absolute atomic E-state index is 0. The summed E-state index contributed by atoms with van der Waals surface area (Å²) in [4.78, 5) is 51.3. The van der Waals surface area contributed by atoms with Gasteiger partial charge in [-0.1, -0.05) is 18.2 Å². The molecule has 12 heteroatoms. The Morgan fingerprint density at radius 2 is 1.61 bits per heavy atom. The number of nitrogens with zero attached hydrogens (tertiary/aromatic N) is 2. The van der Waals surface area contributed by atoms with Crippen molar-refractivity contribution in [1.29, 1.82) is 0 Å². The van der Waals surface area contributed by atoms with Gasteiger partial charge in [0.05, 0.1) is 5.69 Å². The molecule has 2 heterocycles. The summed E-state index contributed by atoms with van der Waals surface area (Å²) in [6, 6.07) is 8.05. The molecule has 0 radical (unpaired) electrons. The summed E-state index contributed by atoms with van der Waals surface area (Å²) < 4.78 is 12.2. The predicted octanol–water partition coefficient (Wildman–Crippen LogP) is -0.122. The smallest absolute Gasteiger partial charge is 0.452 e. The van der Waals surface area contributed by atoms with Crippen LogP contribution in [0.5, 0.6) is 0 Å². The lowest BCUT2D eigenvalue weighted by Gasteiger charge is -2.06. The monoisotopic (exact) mass is 378 g/mol. The Balaban J connectivity index is 0.00000132. The first-order valence-electron chi connectivity index (χ1n) is 5.71. The Kier molecular flexibility index (Phi) is 5.68. The van der Waals surface area contributed by atoms with Crippen LogP contribution in [0.1, 0.15) is 0 Å². The molecular weight excluding hydrogens is 370 g/mol. The summed E-state index contributed by atoms with van der Waals surface area (Å²) in [7, 11) is -3.47. The molecule has 1 aromatic carbocycles. The number of fused-ring (bicyclic) bond motifs is 1.